The van der Waals surface area contributed by atoms with Gasteiger partial charge in [0.2, 0.25) is 0 Å². The topological polar surface area (TPSA) is 45.9 Å². The Morgan fingerprint density at radius 1 is 0.800 bits per heavy atom. The number of carbonyl (C=O) groups excluding carboxylic acids is 1. The third kappa shape index (κ3) is 3.60. The van der Waals surface area contributed by atoms with Gasteiger partial charge in [0.25, 0.3) is 0 Å². The summed E-state index contributed by atoms with van der Waals surface area (Å²) in [5, 5.41) is 3.45. The predicted octanol–water partition coefficient (Wildman–Crippen LogP) is 4.30. The van der Waals surface area contributed by atoms with Crippen LogP contribution in [0.4, 0.5) is 5.82 Å². The van der Waals surface area contributed by atoms with Gasteiger partial charge in [-0.05, 0) is 11.1 Å². The van der Waals surface area contributed by atoms with Gasteiger partial charge in [-0.2, -0.15) is 4.57 Å². The number of hydrogen-bond donors (Lipinski definition) is 1. The fourth-order valence-electron chi connectivity index (χ4n) is 3.92. The molecule has 0 fully saturated rings. The van der Waals surface area contributed by atoms with Crippen molar-refractivity contribution in [2.45, 2.75) is 18.9 Å². The van der Waals surface area contributed by atoms with E-state index >= 15 is 0 Å². The fraction of sp³-hybridized carbons (Fsp3) is 0.115. The number of anilines is 1. The number of fused-ring (bicyclic) bond motifs is 1. The molecule has 0 radical (unpaired) electrons. The van der Waals surface area contributed by atoms with Crippen LogP contribution in [-0.2, 0) is 12.8 Å². The molecule has 3 aromatic carbocycles. The van der Waals surface area contributed by atoms with E-state index in [4.69, 9.17) is 4.98 Å². The molecule has 0 bridgehead atoms. The van der Waals surface area contributed by atoms with Crippen molar-refractivity contribution < 1.29 is 9.36 Å². The first-order valence-electron chi connectivity index (χ1n) is 10.2. The molecule has 1 N–H and O–H groups in total. The highest BCUT2D eigenvalue weighted by Gasteiger charge is 2.40. The highest BCUT2D eigenvalue weighted by molar-refractivity contribution is 5.82. The molecule has 1 aromatic heterocycles. The minimum absolute atomic E-state index is 0.0581. The van der Waals surface area contributed by atoms with Crippen molar-refractivity contribution in [2.75, 3.05) is 5.32 Å². The zero-order chi connectivity index (χ0) is 20.3. The molecular weight excluding hydrogens is 370 g/mol. The summed E-state index contributed by atoms with van der Waals surface area (Å²) in [5.41, 5.74) is 4.99. The second-order valence-electron chi connectivity index (χ2n) is 7.54. The van der Waals surface area contributed by atoms with E-state index in [9.17, 15) is 4.79 Å². The van der Waals surface area contributed by atoms with Crippen LogP contribution < -0.4 is 9.88 Å². The summed E-state index contributed by atoms with van der Waals surface area (Å²) in [6.45, 7) is 0. The quantitative estimate of drug-likeness (QED) is 0.515. The molecule has 0 spiro atoms. The monoisotopic (exact) mass is 392 g/mol. The summed E-state index contributed by atoms with van der Waals surface area (Å²) in [5.74, 6) is 0.854. The van der Waals surface area contributed by atoms with Crippen molar-refractivity contribution in [1.29, 1.82) is 0 Å². The summed E-state index contributed by atoms with van der Waals surface area (Å²) in [6.07, 6.45) is 3.17. The van der Waals surface area contributed by atoms with E-state index in [1.165, 1.54) is 5.56 Å². The smallest absolute Gasteiger partial charge is 0.258 e. The SMILES string of the molecule is O=C1C(Cc2ccccc2)Nc2c(Cc3ccccc3)nc(-c3ccccc3)c[n+]21. The van der Waals surface area contributed by atoms with Crippen LogP contribution in [0.15, 0.2) is 97.2 Å². The summed E-state index contributed by atoms with van der Waals surface area (Å²) in [4.78, 5) is 18.2. The second-order valence-corrected chi connectivity index (χ2v) is 7.54. The Morgan fingerprint density at radius 3 is 2.07 bits per heavy atom. The lowest BCUT2D eigenvalue weighted by Crippen LogP contribution is -2.44. The molecule has 2 heterocycles. The van der Waals surface area contributed by atoms with E-state index in [-0.39, 0.29) is 11.9 Å². The van der Waals surface area contributed by atoms with Crippen molar-refractivity contribution >= 4 is 11.7 Å². The van der Waals surface area contributed by atoms with Gasteiger partial charge in [-0.15, -0.1) is 0 Å². The van der Waals surface area contributed by atoms with Crippen LogP contribution >= 0.6 is 0 Å². The van der Waals surface area contributed by atoms with Crippen LogP contribution in [0.3, 0.4) is 0 Å². The molecule has 4 nitrogen and oxygen atoms in total. The van der Waals surface area contributed by atoms with Crippen LogP contribution in [0.2, 0.25) is 0 Å². The maximum Gasteiger partial charge on any atom is 0.359 e. The van der Waals surface area contributed by atoms with Gasteiger partial charge >= 0.3 is 11.7 Å². The summed E-state index contributed by atoms with van der Waals surface area (Å²) in [7, 11) is 0. The molecule has 4 aromatic rings. The average molecular weight is 392 g/mol. The van der Waals surface area contributed by atoms with Crippen LogP contribution in [0.25, 0.3) is 11.3 Å². The van der Waals surface area contributed by atoms with Gasteiger partial charge in [0.05, 0.1) is 0 Å². The van der Waals surface area contributed by atoms with Gasteiger partial charge in [-0.1, -0.05) is 91.0 Å². The molecule has 1 atom stereocenters. The second kappa shape index (κ2) is 7.91. The first kappa shape index (κ1) is 18.3. The number of nitrogens with zero attached hydrogens (tertiary/aromatic N) is 2. The molecule has 0 aliphatic carbocycles. The number of carbonyl (C=O) groups is 1. The Morgan fingerprint density at radius 2 is 1.40 bits per heavy atom. The number of nitrogens with one attached hydrogen (secondary N) is 1. The molecule has 1 aliphatic heterocycles. The highest BCUT2D eigenvalue weighted by Crippen LogP contribution is 2.24. The lowest BCUT2D eigenvalue weighted by molar-refractivity contribution is -0.552. The number of benzene rings is 3. The lowest BCUT2D eigenvalue weighted by Gasteiger charge is -2.07. The Bertz CT molecular complexity index is 1180. The Balaban J connectivity index is 1.55. The largest absolute Gasteiger partial charge is 0.359 e. The summed E-state index contributed by atoms with van der Waals surface area (Å²) >= 11 is 0. The van der Waals surface area contributed by atoms with E-state index in [1.54, 1.807) is 4.57 Å². The molecule has 0 saturated carbocycles. The molecule has 146 valence electrons. The van der Waals surface area contributed by atoms with Crippen molar-refractivity contribution in [3.63, 3.8) is 0 Å². The molecule has 30 heavy (non-hydrogen) atoms. The van der Waals surface area contributed by atoms with E-state index < -0.39 is 0 Å². The Labute approximate surface area is 175 Å². The normalized spacial score (nSPS) is 14.9. The highest BCUT2D eigenvalue weighted by atomic mass is 16.2. The van der Waals surface area contributed by atoms with Crippen molar-refractivity contribution in [2.24, 2.45) is 0 Å². The van der Waals surface area contributed by atoms with Crippen LogP contribution in [0.1, 0.15) is 21.6 Å². The van der Waals surface area contributed by atoms with Gasteiger partial charge in [0.1, 0.15) is 17.6 Å². The molecule has 5 rings (SSSR count). The number of aromatic nitrogens is 2. The lowest BCUT2D eigenvalue weighted by atomic mass is 10.1. The zero-order valence-electron chi connectivity index (χ0n) is 16.5. The summed E-state index contributed by atoms with van der Waals surface area (Å²) in [6, 6.07) is 30.1. The van der Waals surface area contributed by atoms with Gasteiger partial charge < -0.3 is 0 Å². The van der Waals surface area contributed by atoms with E-state index in [1.807, 2.05) is 72.9 Å². The fourth-order valence-corrected chi connectivity index (χ4v) is 3.92. The number of hydrogen-bond acceptors (Lipinski definition) is 3. The van der Waals surface area contributed by atoms with Crippen molar-refractivity contribution in [1.82, 2.24) is 4.98 Å². The van der Waals surface area contributed by atoms with Crippen LogP contribution in [0.5, 0.6) is 0 Å². The molecule has 1 unspecified atom stereocenters. The average Bonchev–Trinajstić information content (AvgIpc) is 3.11. The van der Waals surface area contributed by atoms with E-state index in [2.05, 4.69) is 29.6 Å². The minimum atomic E-state index is -0.297. The van der Waals surface area contributed by atoms with Crippen LogP contribution in [0, 0.1) is 0 Å². The molecule has 0 amide bonds. The molecule has 4 heteroatoms. The van der Waals surface area contributed by atoms with Crippen molar-refractivity contribution in [3.05, 3.63) is 114 Å². The van der Waals surface area contributed by atoms with Gasteiger partial charge in [0.15, 0.2) is 6.04 Å². The Hall–Kier alpha value is -3.79. The van der Waals surface area contributed by atoms with Crippen molar-refractivity contribution in [3.8, 4) is 11.3 Å². The van der Waals surface area contributed by atoms with Gasteiger partial charge in [0, 0.05) is 18.4 Å². The summed E-state index contributed by atoms with van der Waals surface area (Å²) < 4.78 is 1.75. The zero-order valence-corrected chi connectivity index (χ0v) is 16.5. The van der Waals surface area contributed by atoms with E-state index in [0.29, 0.717) is 12.8 Å². The Kier molecular flexibility index (Phi) is 4.81. The van der Waals surface area contributed by atoms with Gasteiger partial charge in [-0.25, -0.2) is 9.78 Å². The maximum absolute atomic E-state index is 13.3. The first-order valence-corrected chi connectivity index (χ1v) is 10.2. The van der Waals surface area contributed by atoms with E-state index in [0.717, 1.165) is 28.3 Å². The third-order valence-corrected chi connectivity index (χ3v) is 5.43. The van der Waals surface area contributed by atoms with Gasteiger partial charge in [-0.3, -0.25) is 5.32 Å². The third-order valence-electron chi connectivity index (χ3n) is 5.43. The molecule has 1 aliphatic rings. The molecule has 0 saturated heterocycles. The standard InChI is InChI=1S/C26H21N3O/c30-26-23(17-20-12-6-2-7-13-20)28-25-22(16-19-10-4-1-5-11-19)27-24(18-29(25)26)21-14-8-3-9-15-21/h1-15,18,23H,16-17H2/p+1. The maximum atomic E-state index is 13.3. The molecular formula is C26H22N3O+. The van der Waals surface area contributed by atoms with Crippen LogP contribution in [-0.4, -0.2) is 16.9 Å². The number of rotatable bonds is 5. The first-order chi connectivity index (χ1) is 14.8. The minimum Gasteiger partial charge on any atom is -0.258 e. The predicted molar refractivity (Wildman–Crippen MR) is 117 cm³/mol.